The third-order valence-electron chi connectivity index (χ3n) is 4.81. The van der Waals surface area contributed by atoms with Crippen LogP contribution in [0.1, 0.15) is 19.3 Å². The first kappa shape index (κ1) is 16.0. The third-order valence-corrected chi connectivity index (χ3v) is 4.81. The van der Waals surface area contributed by atoms with Crippen molar-refractivity contribution in [3.63, 3.8) is 0 Å². The van der Waals surface area contributed by atoms with Gasteiger partial charge in [-0.3, -0.25) is 4.79 Å². The zero-order valence-electron chi connectivity index (χ0n) is 12.1. The fraction of sp³-hybridized carbons (Fsp3) is 0.929. The molecule has 3 aliphatic rings. The molecule has 20 heavy (non-hydrogen) atoms. The number of nitrogens with one attached hydrogen (secondary N) is 1. The van der Waals surface area contributed by atoms with Gasteiger partial charge in [0.15, 0.2) is 0 Å². The molecule has 1 N–H and O–H groups in total. The molecule has 5 nitrogen and oxygen atoms in total. The molecule has 0 aromatic rings. The van der Waals surface area contributed by atoms with Crippen LogP contribution < -0.4 is 5.32 Å². The summed E-state index contributed by atoms with van der Waals surface area (Å²) in [6, 6.07) is 0. The Morgan fingerprint density at radius 1 is 1.20 bits per heavy atom. The SMILES string of the molecule is Cl.O=C(CCN1CCC2(CCOC2)C1)N1CCNCC1. The number of carbonyl (C=O) groups is 1. The standard InChI is InChI=1S/C14H25N3O2.ClH/c18-13(17-8-4-15-5-9-17)1-6-16-7-2-14(11-16)3-10-19-12-14;/h15H,1-12H2;1H. The Morgan fingerprint density at radius 3 is 2.70 bits per heavy atom. The van der Waals surface area contributed by atoms with Gasteiger partial charge >= 0.3 is 0 Å². The van der Waals surface area contributed by atoms with Gasteiger partial charge in [-0.15, -0.1) is 12.4 Å². The minimum Gasteiger partial charge on any atom is -0.381 e. The van der Waals surface area contributed by atoms with E-state index in [0.29, 0.717) is 17.7 Å². The summed E-state index contributed by atoms with van der Waals surface area (Å²) in [6.45, 7) is 8.66. The van der Waals surface area contributed by atoms with E-state index in [1.807, 2.05) is 4.90 Å². The summed E-state index contributed by atoms with van der Waals surface area (Å²) < 4.78 is 5.54. The van der Waals surface area contributed by atoms with Crippen LogP contribution >= 0.6 is 12.4 Å². The number of piperazine rings is 1. The van der Waals surface area contributed by atoms with Crippen LogP contribution in [0.15, 0.2) is 0 Å². The van der Waals surface area contributed by atoms with Crippen molar-refractivity contribution < 1.29 is 9.53 Å². The Labute approximate surface area is 127 Å². The number of hydrogen-bond acceptors (Lipinski definition) is 4. The smallest absolute Gasteiger partial charge is 0.223 e. The average molecular weight is 304 g/mol. The summed E-state index contributed by atoms with van der Waals surface area (Å²) in [6.07, 6.45) is 3.13. The summed E-state index contributed by atoms with van der Waals surface area (Å²) in [5.74, 6) is 0.324. The number of nitrogens with zero attached hydrogens (tertiary/aromatic N) is 2. The largest absolute Gasteiger partial charge is 0.381 e. The Hall–Kier alpha value is -0.360. The number of hydrogen-bond donors (Lipinski definition) is 1. The second kappa shape index (κ2) is 7.07. The van der Waals surface area contributed by atoms with E-state index in [2.05, 4.69) is 10.2 Å². The highest BCUT2D eigenvalue weighted by atomic mass is 35.5. The molecular weight excluding hydrogens is 278 g/mol. The van der Waals surface area contributed by atoms with Crippen molar-refractivity contribution in [2.75, 3.05) is 59.0 Å². The number of carbonyl (C=O) groups excluding carboxylic acids is 1. The quantitative estimate of drug-likeness (QED) is 0.817. The van der Waals surface area contributed by atoms with Crippen LogP contribution in [0, 0.1) is 5.41 Å². The molecule has 3 heterocycles. The molecule has 1 unspecified atom stereocenters. The molecule has 0 aromatic carbocycles. The molecule has 0 aromatic heterocycles. The highest BCUT2D eigenvalue weighted by Gasteiger charge is 2.41. The monoisotopic (exact) mass is 303 g/mol. The van der Waals surface area contributed by atoms with Gasteiger partial charge in [-0.25, -0.2) is 0 Å². The molecule has 116 valence electrons. The zero-order valence-corrected chi connectivity index (χ0v) is 12.9. The van der Waals surface area contributed by atoms with Crippen molar-refractivity contribution in [3.05, 3.63) is 0 Å². The van der Waals surface area contributed by atoms with Crippen molar-refractivity contribution in [2.24, 2.45) is 5.41 Å². The van der Waals surface area contributed by atoms with Crippen molar-refractivity contribution in [2.45, 2.75) is 19.3 Å². The molecule has 0 radical (unpaired) electrons. The minimum atomic E-state index is 0. The topological polar surface area (TPSA) is 44.8 Å². The van der Waals surface area contributed by atoms with Crippen LogP contribution in [0.2, 0.25) is 0 Å². The van der Waals surface area contributed by atoms with Crippen molar-refractivity contribution in [3.8, 4) is 0 Å². The first-order chi connectivity index (χ1) is 9.27. The van der Waals surface area contributed by atoms with E-state index in [0.717, 1.165) is 59.0 Å². The summed E-state index contributed by atoms with van der Waals surface area (Å²) >= 11 is 0. The lowest BCUT2D eigenvalue weighted by Gasteiger charge is -2.28. The average Bonchev–Trinajstić information content (AvgIpc) is 3.08. The van der Waals surface area contributed by atoms with Gasteiger partial charge in [-0.1, -0.05) is 0 Å². The van der Waals surface area contributed by atoms with E-state index in [-0.39, 0.29) is 12.4 Å². The van der Waals surface area contributed by atoms with E-state index in [1.165, 1.54) is 12.8 Å². The molecule has 6 heteroatoms. The predicted octanol–water partition coefficient (Wildman–Crippen LogP) is 0.343. The summed E-state index contributed by atoms with van der Waals surface area (Å²) in [7, 11) is 0. The van der Waals surface area contributed by atoms with Crippen molar-refractivity contribution in [1.82, 2.24) is 15.1 Å². The number of likely N-dealkylation sites (tertiary alicyclic amines) is 1. The Bertz CT molecular complexity index is 328. The lowest BCUT2D eigenvalue weighted by Crippen LogP contribution is -2.47. The van der Waals surface area contributed by atoms with Gasteiger partial charge in [-0.2, -0.15) is 0 Å². The molecule has 1 atom stereocenters. The van der Waals surface area contributed by atoms with Crippen molar-refractivity contribution >= 4 is 18.3 Å². The molecule has 3 saturated heterocycles. The fourth-order valence-corrected chi connectivity index (χ4v) is 3.52. The van der Waals surface area contributed by atoms with Crippen LogP contribution in [0.5, 0.6) is 0 Å². The zero-order chi connectivity index (χ0) is 13.1. The Balaban J connectivity index is 0.00000147. The number of halogens is 1. The van der Waals surface area contributed by atoms with Crippen LogP contribution in [0.4, 0.5) is 0 Å². The molecule has 0 bridgehead atoms. The first-order valence-electron chi connectivity index (χ1n) is 7.56. The second-order valence-electron chi connectivity index (χ2n) is 6.21. The minimum absolute atomic E-state index is 0. The first-order valence-corrected chi connectivity index (χ1v) is 7.56. The lowest BCUT2D eigenvalue weighted by atomic mass is 9.87. The van der Waals surface area contributed by atoms with Crippen LogP contribution in [0.3, 0.4) is 0 Å². The van der Waals surface area contributed by atoms with E-state index in [9.17, 15) is 4.79 Å². The van der Waals surface area contributed by atoms with Gasteiger partial charge in [-0.05, 0) is 19.4 Å². The predicted molar refractivity (Wildman–Crippen MR) is 80.2 cm³/mol. The normalized spacial score (nSPS) is 30.7. The van der Waals surface area contributed by atoms with Gasteiger partial charge in [0.2, 0.25) is 5.91 Å². The van der Waals surface area contributed by atoms with Gasteiger partial charge < -0.3 is 19.9 Å². The number of ether oxygens (including phenoxy) is 1. The van der Waals surface area contributed by atoms with E-state index in [1.54, 1.807) is 0 Å². The highest BCUT2D eigenvalue weighted by molar-refractivity contribution is 5.85. The molecule has 1 amide bonds. The lowest BCUT2D eigenvalue weighted by molar-refractivity contribution is -0.132. The molecule has 3 fully saturated rings. The molecular formula is C14H26ClN3O2. The summed E-state index contributed by atoms with van der Waals surface area (Å²) in [5.41, 5.74) is 0.415. The second-order valence-corrected chi connectivity index (χ2v) is 6.21. The maximum atomic E-state index is 12.1. The van der Waals surface area contributed by atoms with Gasteiger partial charge in [0.1, 0.15) is 0 Å². The molecule has 3 aliphatic heterocycles. The third kappa shape index (κ3) is 3.64. The summed E-state index contributed by atoms with van der Waals surface area (Å²) in [4.78, 5) is 16.6. The van der Waals surface area contributed by atoms with Gasteiger partial charge in [0.25, 0.3) is 0 Å². The van der Waals surface area contributed by atoms with E-state index >= 15 is 0 Å². The molecule has 0 saturated carbocycles. The summed E-state index contributed by atoms with van der Waals surface area (Å²) in [5, 5.41) is 3.28. The Kier molecular flexibility index (Phi) is 5.66. The van der Waals surface area contributed by atoms with Gasteiger partial charge in [0.05, 0.1) is 6.61 Å². The number of amides is 1. The highest BCUT2D eigenvalue weighted by Crippen LogP contribution is 2.38. The van der Waals surface area contributed by atoms with Crippen LogP contribution in [-0.2, 0) is 9.53 Å². The molecule has 0 aliphatic carbocycles. The van der Waals surface area contributed by atoms with Gasteiger partial charge in [0, 0.05) is 57.7 Å². The van der Waals surface area contributed by atoms with E-state index in [4.69, 9.17) is 4.74 Å². The number of rotatable bonds is 3. The van der Waals surface area contributed by atoms with Crippen LogP contribution in [0.25, 0.3) is 0 Å². The maximum absolute atomic E-state index is 12.1. The van der Waals surface area contributed by atoms with Crippen molar-refractivity contribution in [1.29, 1.82) is 0 Å². The maximum Gasteiger partial charge on any atom is 0.223 e. The molecule has 3 rings (SSSR count). The molecule has 1 spiro atoms. The van der Waals surface area contributed by atoms with Crippen LogP contribution in [-0.4, -0.2) is 74.7 Å². The Morgan fingerprint density at radius 2 is 2.00 bits per heavy atom. The fourth-order valence-electron chi connectivity index (χ4n) is 3.52. The van der Waals surface area contributed by atoms with E-state index < -0.39 is 0 Å².